The van der Waals surface area contributed by atoms with Crippen LogP contribution in [0.15, 0.2) is 24.3 Å². The predicted octanol–water partition coefficient (Wildman–Crippen LogP) is 2.85. The molecule has 0 bridgehead atoms. The van der Waals surface area contributed by atoms with Gasteiger partial charge in [-0.1, -0.05) is 25.1 Å². The van der Waals surface area contributed by atoms with Crippen molar-refractivity contribution >= 4 is 5.91 Å². The van der Waals surface area contributed by atoms with E-state index in [4.69, 9.17) is 14.2 Å². The first kappa shape index (κ1) is 17.8. The second-order valence-electron chi connectivity index (χ2n) is 5.73. The van der Waals surface area contributed by atoms with E-state index in [0.29, 0.717) is 13.0 Å². The van der Waals surface area contributed by atoms with Gasteiger partial charge in [-0.3, -0.25) is 4.79 Å². The lowest BCUT2D eigenvalue weighted by Crippen LogP contribution is -2.33. The van der Waals surface area contributed by atoms with Crippen molar-refractivity contribution in [3.8, 4) is 5.75 Å². The number of nitrogens with one attached hydrogen (secondary N) is 1. The molecule has 1 aliphatic rings. The van der Waals surface area contributed by atoms with E-state index in [9.17, 15) is 4.79 Å². The molecule has 0 radical (unpaired) electrons. The molecule has 1 N–H and O–H groups in total. The minimum atomic E-state index is -0.213. The summed E-state index contributed by atoms with van der Waals surface area (Å²) in [5.41, 5.74) is 0.971. The quantitative estimate of drug-likeness (QED) is 0.800. The van der Waals surface area contributed by atoms with Crippen molar-refractivity contribution in [2.75, 3.05) is 26.9 Å². The lowest BCUT2D eigenvalue weighted by Gasteiger charge is -2.29. The number of hydrogen-bond donors (Lipinski definition) is 1. The molecule has 128 valence electrons. The standard InChI is InChI=1S/C18H27NO4/c1-3-6-18(20)19-13-17(23-14-9-11-22-12-10-14)15-7-4-5-8-16(15)21-2/h4-5,7-8,14,17H,3,6,9-13H2,1-2H3,(H,19,20)/t17-/m0/s1. The van der Waals surface area contributed by atoms with Gasteiger partial charge in [0.25, 0.3) is 0 Å². The van der Waals surface area contributed by atoms with Crippen LogP contribution in [0, 0.1) is 0 Å². The van der Waals surface area contributed by atoms with Crippen molar-refractivity contribution in [3.63, 3.8) is 0 Å². The lowest BCUT2D eigenvalue weighted by atomic mass is 10.1. The third-order valence-corrected chi connectivity index (χ3v) is 3.97. The van der Waals surface area contributed by atoms with Gasteiger partial charge in [-0.25, -0.2) is 0 Å². The van der Waals surface area contributed by atoms with E-state index in [2.05, 4.69) is 5.32 Å². The van der Waals surface area contributed by atoms with Gasteiger partial charge in [0.2, 0.25) is 5.91 Å². The minimum Gasteiger partial charge on any atom is -0.496 e. The molecule has 1 aliphatic heterocycles. The molecule has 1 aromatic rings. The zero-order chi connectivity index (χ0) is 16.5. The average molecular weight is 321 g/mol. The van der Waals surface area contributed by atoms with Gasteiger partial charge in [-0.15, -0.1) is 0 Å². The smallest absolute Gasteiger partial charge is 0.220 e. The molecule has 0 saturated carbocycles. The zero-order valence-electron chi connectivity index (χ0n) is 14.0. The van der Waals surface area contributed by atoms with Crippen molar-refractivity contribution < 1.29 is 19.0 Å². The Balaban J connectivity index is 2.07. The Labute approximate surface area is 138 Å². The van der Waals surface area contributed by atoms with Crippen LogP contribution in [0.25, 0.3) is 0 Å². The number of carbonyl (C=O) groups excluding carboxylic acids is 1. The molecule has 2 rings (SSSR count). The number of methoxy groups -OCH3 is 1. The first-order chi connectivity index (χ1) is 11.2. The average Bonchev–Trinajstić information content (AvgIpc) is 2.59. The van der Waals surface area contributed by atoms with Crippen molar-refractivity contribution in [1.29, 1.82) is 0 Å². The summed E-state index contributed by atoms with van der Waals surface area (Å²) in [6.45, 7) is 3.91. The summed E-state index contributed by atoms with van der Waals surface area (Å²) in [6.07, 6.45) is 3.09. The maximum absolute atomic E-state index is 11.8. The molecule has 0 unspecified atom stereocenters. The van der Waals surface area contributed by atoms with Crippen LogP contribution in [0.2, 0.25) is 0 Å². The van der Waals surface area contributed by atoms with Gasteiger partial charge in [-0.2, -0.15) is 0 Å². The molecule has 0 aromatic heterocycles. The number of carbonyl (C=O) groups is 1. The Bertz CT molecular complexity index is 486. The van der Waals surface area contributed by atoms with E-state index in [1.54, 1.807) is 7.11 Å². The van der Waals surface area contributed by atoms with Gasteiger partial charge in [0.15, 0.2) is 0 Å². The van der Waals surface area contributed by atoms with Gasteiger partial charge in [0.1, 0.15) is 11.9 Å². The highest BCUT2D eigenvalue weighted by Crippen LogP contribution is 2.29. The minimum absolute atomic E-state index is 0.0583. The molecule has 23 heavy (non-hydrogen) atoms. The highest BCUT2D eigenvalue weighted by atomic mass is 16.5. The number of amides is 1. The van der Waals surface area contributed by atoms with Gasteiger partial charge >= 0.3 is 0 Å². The predicted molar refractivity (Wildman–Crippen MR) is 88.6 cm³/mol. The van der Waals surface area contributed by atoms with Crippen LogP contribution in [0.1, 0.15) is 44.3 Å². The molecule has 1 aromatic carbocycles. The number of para-hydroxylation sites is 1. The summed E-state index contributed by atoms with van der Waals surface area (Å²) in [5, 5.41) is 2.97. The van der Waals surface area contributed by atoms with Gasteiger partial charge in [0.05, 0.1) is 13.2 Å². The summed E-state index contributed by atoms with van der Waals surface area (Å²) in [7, 11) is 1.65. The summed E-state index contributed by atoms with van der Waals surface area (Å²) in [5.74, 6) is 0.845. The van der Waals surface area contributed by atoms with Crippen LogP contribution in [-0.4, -0.2) is 38.9 Å². The van der Waals surface area contributed by atoms with E-state index in [1.165, 1.54) is 0 Å². The summed E-state index contributed by atoms with van der Waals surface area (Å²) in [4.78, 5) is 11.8. The number of hydrogen-bond acceptors (Lipinski definition) is 4. The molecule has 0 spiro atoms. The second-order valence-corrected chi connectivity index (χ2v) is 5.73. The molecular weight excluding hydrogens is 294 g/mol. The Morgan fingerprint density at radius 1 is 1.35 bits per heavy atom. The first-order valence-electron chi connectivity index (χ1n) is 8.37. The van der Waals surface area contributed by atoms with Crippen molar-refractivity contribution in [2.24, 2.45) is 0 Å². The van der Waals surface area contributed by atoms with E-state index in [1.807, 2.05) is 31.2 Å². The topological polar surface area (TPSA) is 56.8 Å². The maximum Gasteiger partial charge on any atom is 0.220 e. The number of ether oxygens (including phenoxy) is 3. The van der Waals surface area contributed by atoms with Crippen LogP contribution in [0.3, 0.4) is 0 Å². The van der Waals surface area contributed by atoms with Crippen molar-refractivity contribution in [1.82, 2.24) is 5.32 Å². The van der Waals surface area contributed by atoms with E-state index < -0.39 is 0 Å². The zero-order valence-corrected chi connectivity index (χ0v) is 14.0. The largest absolute Gasteiger partial charge is 0.496 e. The number of benzene rings is 1. The first-order valence-corrected chi connectivity index (χ1v) is 8.37. The Morgan fingerprint density at radius 2 is 2.09 bits per heavy atom. The number of rotatable bonds is 8. The molecule has 1 fully saturated rings. The van der Waals surface area contributed by atoms with Crippen molar-refractivity contribution in [3.05, 3.63) is 29.8 Å². The van der Waals surface area contributed by atoms with Crippen LogP contribution >= 0.6 is 0 Å². The van der Waals surface area contributed by atoms with E-state index in [0.717, 1.165) is 43.8 Å². The summed E-state index contributed by atoms with van der Waals surface area (Å²) in [6, 6.07) is 7.81. The molecule has 5 heteroatoms. The van der Waals surface area contributed by atoms with Crippen molar-refractivity contribution in [2.45, 2.75) is 44.8 Å². The fourth-order valence-corrected chi connectivity index (χ4v) is 2.73. The normalized spacial score (nSPS) is 16.8. The Morgan fingerprint density at radius 3 is 2.78 bits per heavy atom. The highest BCUT2D eigenvalue weighted by Gasteiger charge is 2.23. The molecule has 5 nitrogen and oxygen atoms in total. The summed E-state index contributed by atoms with van der Waals surface area (Å²) >= 11 is 0. The molecular formula is C18H27NO4. The van der Waals surface area contributed by atoms with Gasteiger partial charge < -0.3 is 19.5 Å². The summed E-state index contributed by atoms with van der Waals surface area (Å²) < 4.78 is 17.1. The maximum atomic E-state index is 11.8. The lowest BCUT2D eigenvalue weighted by molar-refractivity contribution is -0.122. The second kappa shape index (κ2) is 9.53. The molecule has 1 heterocycles. The molecule has 1 saturated heterocycles. The SMILES string of the molecule is CCCC(=O)NC[C@H](OC1CCOCC1)c1ccccc1OC. The van der Waals surface area contributed by atoms with Gasteiger partial charge in [-0.05, 0) is 25.3 Å². The molecule has 0 aliphatic carbocycles. The fraction of sp³-hybridized carbons (Fsp3) is 0.611. The van der Waals surface area contributed by atoms with Crippen LogP contribution < -0.4 is 10.1 Å². The Kier molecular flexibility index (Phi) is 7.36. The molecule has 1 atom stereocenters. The fourth-order valence-electron chi connectivity index (χ4n) is 2.73. The van der Waals surface area contributed by atoms with Crippen LogP contribution in [0.5, 0.6) is 5.75 Å². The van der Waals surface area contributed by atoms with Crippen LogP contribution in [-0.2, 0) is 14.3 Å². The van der Waals surface area contributed by atoms with Crippen LogP contribution in [0.4, 0.5) is 0 Å². The third-order valence-electron chi connectivity index (χ3n) is 3.97. The highest BCUT2D eigenvalue weighted by molar-refractivity contribution is 5.75. The van der Waals surface area contributed by atoms with E-state index in [-0.39, 0.29) is 18.1 Å². The monoisotopic (exact) mass is 321 g/mol. The van der Waals surface area contributed by atoms with E-state index >= 15 is 0 Å². The Hall–Kier alpha value is -1.59. The van der Waals surface area contributed by atoms with Gasteiger partial charge in [0, 0.05) is 31.7 Å². The molecule has 1 amide bonds. The third kappa shape index (κ3) is 5.52.